The van der Waals surface area contributed by atoms with Crippen molar-refractivity contribution in [2.24, 2.45) is 0 Å². The Morgan fingerprint density at radius 2 is 1.26 bits per heavy atom. The van der Waals surface area contributed by atoms with Crippen LogP contribution in [0.3, 0.4) is 0 Å². The van der Waals surface area contributed by atoms with Gasteiger partial charge in [-0.05, 0) is 115 Å². The maximum atomic E-state index is 11.3. The van der Waals surface area contributed by atoms with Gasteiger partial charge < -0.3 is 20.4 Å². The zero-order valence-corrected chi connectivity index (χ0v) is 22.7. The number of aryl methyl sites for hydroxylation is 3. The highest BCUT2D eigenvalue weighted by atomic mass is 16.3. The molecule has 0 radical (unpaired) electrons. The lowest BCUT2D eigenvalue weighted by Crippen LogP contribution is -2.11. The summed E-state index contributed by atoms with van der Waals surface area (Å²) in [4.78, 5) is 0. The Bertz CT molecular complexity index is 1550. The summed E-state index contributed by atoms with van der Waals surface area (Å²) < 4.78 is 0. The van der Waals surface area contributed by atoms with Gasteiger partial charge in [-0.1, -0.05) is 60.7 Å². The van der Waals surface area contributed by atoms with Crippen LogP contribution >= 0.6 is 0 Å². The fraction of sp³-hybridized carbons (Fsp3) is 0.143. The molecule has 0 spiro atoms. The molecule has 0 amide bonds. The standard InChI is InChI=1S/C35H34O4/c1-21-18-23(3)34(24(4)19-21)35(25(5)32(38)16-6-22(2)26-7-12-29(36)13-8-26)31-20-28(11-17-33(31)39)27-9-14-30(37)15-10-27/h6-20,35-39H,5H2,1-4H3/b22-6+,32-16+. The Hall–Kier alpha value is -4.70. The van der Waals surface area contributed by atoms with Gasteiger partial charge in [-0.15, -0.1) is 0 Å². The van der Waals surface area contributed by atoms with Gasteiger partial charge in [-0.25, -0.2) is 0 Å². The second-order valence-corrected chi connectivity index (χ2v) is 10.0. The zero-order chi connectivity index (χ0) is 28.3. The molecule has 1 unspecified atom stereocenters. The van der Waals surface area contributed by atoms with Crippen LogP contribution in [0, 0.1) is 20.8 Å². The van der Waals surface area contributed by atoms with Crippen molar-refractivity contribution >= 4 is 5.57 Å². The molecule has 0 heterocycles. The molecule has 0 bridgehead atoms. The van der Waals surface area contributed by atoms with E-state index >= 15 is 0 Å². The van der Waals surface area contributed by atoms with Crippen molar-refractivity contribution in [2.75, 3.05) is 0 Å². The van der Waals surface area contributed by atoms with Crippen LogP contribution in [0.2, 0.25) is 0 Å². The van der Waals surface area contributed by atoms with Crippen LogP contribution in [0.25, 0.3) is 16.7 Å². The molecule has 4 rings (SSSR count). The highest BCUT2D eigenvalue weighted by Crippen LogP contribution is 2.43. The smallest absolute Gasteiger partial charge is 0.119 e. The van der Waals surface area contributed by atoms with Gasteiger partial charge in [0.1, 0.15) is 23.0 Å². The molecule has 0 aliphatic rings. The van der Waals surface area contributed by atoms with Crippen LogP contribution < -0.4 is 0 Å². The summed E-state index contributed by atoms with van der Waals surface area (Å²) in [5, 5.41) is 41.7. The Morgan fingerprint density at radius 3 is 1.85 bits per heavy atom. The molecule has 4 aromatic rings. The number of rotatable bonds is 7. The van der Waals surface area contributed by atoms with Gasteiger partial charge in [0.05, 0.1) is 0 Å². The molecule has 198 valence electrons. The van der Waals surface area contributed by atoms with Crippen LogP contribution in [0.15, 0.2) is 109 Å². The van der Waals surface area contributed by atoms with Crippen molar-refractivity contribution in [3.63, 3.8) is 0 Å². The lowest BCUT2D eigenvalue weighted by Gasteiger charge is -2.26. The average molecular weight is 519 g/mol. The maximum absolute atomic E-state index is 11.3. The van der Waals surface area contributed by atoms with Crippen molar-refractivity contribution in [2.45, 2.75) is 33.6 Å². The lowest BCUT2D eigenvalue weighted by atomic mass is 9.78. The van der Waals surface area contributed by atoms with E-state index in [1.807, 2.05) is 70.2 Å². The largest absolute Gasteiger partial charge is 0.508 e. The number of benzene rings is 4. The van der Waals surface area contributed by atoms with E-state index in [-0.39, 0.29) is 23.0 Å². The normalized spacial score (nSPS) is 12.8. The van der Waals surface area contributed by atoms with Crippen molar-refractivity contribution in [3.8, 4) is 28.4 Å². The SMILES string of the molecule is C=C(/C(O)=C\C=C(/C)c1ccc(O)cc1)C(c1cc(-c2ccc(O)cc2)ccc1O)c1c(C)cc(C)cc1C. The number of phenols is 3. The van der Waals surface area contributed by atoms with Crippen molar-refractivity contribution in [3.05, 3.63) is 142 Å². The third-order valence-corrected chi connectivity index (χ3v) is 7.06. The number of hydrogen-bond donors (Lipinski definition) is 4. The fourth-order valence-electron chi connectivity index (χ4n) is 5.06. The van der Waals surface area contributed by atoms with Gasteiger partial charge in [-0.3, -0.25) is 0 Å². The van der Waals surface area contributed by atoms with E-state index in [1.165, 1.54) is 0 Å². The minimum Gasteiger partial charge on any atom is -0.508 e. The molecule has 4 nitrogen and oxygen atoms in total. The summed E-state index contributed by atoms with van der Waals surface area (Å²) in [6.45, 7) is 12.3. The predicted molar refractivity (Wildman–Crippen MR) is 159 cm³/mol. The minimum absolute atomic E-state index is 0.00643. The van der Waals surface area contributed by atoms with Crippen LogP contribution in [-0.4, -0.2) is 20.4 Å². The van der Waals surface area contributed by atoms with Gasteiger partial charge in [0.15, 0.2) is 0 Å². The molecule has 0 fully saturated rings. The number of hydrogen-bond acceptors (Lipinski definition) is 4. The molecule has 0 saturated heterocycles. The first-order valence-corrected chi connectivity index (χ1v) is 12.8. The van der Waals surface area contributed by atoms with Crippen LogP contribution in [-0.2, 0) is 0 Å². The molecule has 1 atom stereocenters. The van der Waals surface area contributed by atoms with E-state index in [0.29, 0.717) is 11.1 Å². The highest BCUT2D eigenvalue weighted by molar-refractivity contribution is 5.69. The first-order chi connectivity index (χ1) is 18.5. The fourth-order valence-corrected chi connectivity index (χ4v) is 5.06. The topological polar surface area (TPSA) is 80.9 Å². The number of aromatic hydroxyl groups is 3. The summed E-state index contributed by atoms with van der Waals surface area (Å²) in [5.41, 5.74) is 8.85. The van der Waals surface area contributed by atoms with Gasteiger partial charge in [-0.2, -0.15) is 0 Å². The zero-order valence-electron chi connectivity index (χ0n) is 22.7. The van der Waals surface area contributed by atoms with E-state index < -0.39 is 5.92 Å². The molecular formula is C35H34O4. The Labute approximate surface area is 230 Å². The number of aliphatic hydroxyl groups excluding tert-OH is 1. The lowest BCUT2D eigenvalue weighted by molar-refractivity contribution is 0.416. The van der Waals surface area contributed by atoms with Gasteiger partial charge in [0.25, 0.3) is 0 Å². The minimum atomic E-state index is -0.513. The Balaban J connectivity index is 1.84. The number of phenolic OH excluding ortho intramolecular Hbond substituents is 3. The van der Waals surface area contributed by atoms with Gasteiger partial charge in [0, 0.05) is 11.5 Å². The monoisotopic (exact) mass is 518 g/mol. The predicted octanol–water partition coefficient (Wildman–Crippen LogP) is 8.63. The number of aliphatic hydroxyl groups is 1. The third-order valence-electron chi connectivity index (χ3n) is 7.06. The Morgan fingerprint density at radius 1 is 0.718 bits per heavy atom. The van der Waals surface area contributed by atoms with E-state index in [4.69, 9.17) is 0 Å². The summed E-state index contributed by atoms with van der Waals surface area (Å²) in [6, 6.07) is 23.4. The van der Waals surface area contributed by atoms with Crippen LogP contribution in [0.4, 0.5) is 0 Å². The number of allylic oxidation sites excluding steroid dienone is 4. The highest BCUT2D eigenvalue weighted by Gasteiger charge is 2.27. The molecular weight excluding hydrogens is 484 g/mol. The van der Waals surface area contributed by atoms with Gasteiger partial charge >= 0.3 is 0 Å². The molecule has 0 aliphatic heterocycles. The van der Waals surface area contributed by atoms with E-state index in [9.17, 15) is 20.4 Å². The second-order valence-electron chi connectivity index (χ2n) is 10.0. The summed E-state index contributed by atoms with van der Waals surface area (Å²) in [6.07, 6.45) is 3.43. The molecule has 0 aromatic heterocycles. The quantitative estimate of drug-likeness (QED) is 0.146. The average Bonchev–Trinajstić information content (AvgIpc) is 2.90. The van der Waals surface area contributed by atoms with Crippen LogP contribution in [0.5, 0.6) is 17.2 Å². The maximum Gasteiger partial charge on any atom is 0.119 e. The van der Waals surface area contributed by atoms with Gasteiger partial charge in [0.2, 0.25) is 0 Å². The van der Waals surface area contributed by atoms with Crippen LogP contribution in [0.1, 0.15) is 46.2 Å². The first kappa shape index (κ1) is 27.3. The van der Waals surface area contributed by atoms with Crippen molar-refractivity contribution in [1.82, 2.24) is 0 Å². The van der Waals surface area contributed by atoms with Crippen molar-refractivity contribution in [1.29, 1.82) is 0 Å². The third kappa shape index (κ3) is 6.07. The molecule has 0 saturated carbocycles. The summed E-state index contributed by atoms with van der Waals surface area (Å²) in [7, 11) is 0. The first-order valence-electron chi connectivity index (χ1n) is 12.8. The summed E-state index contributed by atoms with van der Waals surface area (Å²) in [5.74, 6) is -0.0279. The van der Waals surface area contributed by atoms with E-state index in [1.54, 1.807) is 36.4 Å². The second kappa shape index (κ2) is 11.4. The molecule has 4 N–H and O–H groups in total. The van der Waals surface area contributed by atoms with E-state index in [2.05, 4.69) is 18.7 Å². The molecule has 4 aromatic carbocycles. The van der Waals surface area contributed by atoms with Crippen molar-refractivity contribution < 1.29 is 20.4 Å². The Kier molecular flexibility index (Phi) is 7.96. The molecule has 39 heavy (non-hydrogen) atoms. The van der Waals surface area contributed by atoms with E-state index in [0.717, 1.165) is 44.5 Å². The molecule has 0 aliphatic carbocycles. The summed E-state index contributed by atoms with van der Waals surface area (Å²) >= 11 is 0. The molecule has 4 heteroatoms.